The van der Waals surface area contributed by atoms with Gasteiger partial charge in [0.05, 0.1) is 0 Å². The maximum Gasteiger partial charge on any atom is 0.323 e. The normalized spacial score (nSPS) is 15.5. The van der Waals surface area contributed by atoms with Crippen LogP contribution in [0.2, 0.25) is 0 Å². The lowest BCUT2D eigenvalue weighted by Crippen LogP contribution is -2.53. The molecular formula is C26H30B2N2. The molecule has 0 radical (unpaired) electrons. The molecule has 0 aliphatic carbocycles. The van der Waals surface area contributed by atoms with Gasteiger partial charge in [-0.25, -0.2) is 0 Å². The van der Waals surface area contributed by atoms with E-state index < -0.39 is 0 Å². The van der Waals surface area contributed by atoms with Crippen LogP contribution in [0.15, 0.2) is 71.9 Å². The zero-order chi connectivity index (χ0) is 21.4. The Kier molecular flexibility index (Phi) is 5.51. The minimum atomic E-state index is 0.140. The fraction of sp³-hybridized carbons (Fsp3) is 0.231. The summed E-state index contributed by atoms with van der Waals surface area (Å²) in [6.45, 7) is 13.5. The smallest absolute Gasteiger partial charge is 0.323 e. The van der Waals surface area contributed by atoms with Crippen LogP contribution in [0.25, 0.3) is 0 Å². The van der Waals surface area contributed by atoms with Gasteiger partial charge in [-0.05, 0) is 76.3 Å². The van der Waals surface area contributed by atoms with Crippen LogP contribution in [-0.2, 0) is 0 Å². The molecule has 30 heavy (non-hydrogen) atoms. The van der Waals surface area contributed by atoms with Crippen molar-refractivity contribution >= 4 is 24.6 Å². The first-order valence-electron chi connectivity index (χ1n) is 10.8. The summed E-state index contributed by atoms with van der Waals surface area (Å²) in [6, 6.07) is 9.12. The Hall–Kier alpha value is -2.87. The van der Waals surface area contributed by atoms with Crippen LogP contribution in [0.4, 0.5) is 0 Å². The van der Waals surface area contributed by atoms with Gasteiger partial charge in [-0.3, -0.25) is 0 Å². The molecule has 0 fully saturated rings. The van der Waals surface area contributed by atoms with Gasteiger partial charge in [0, 0.05) is 5.70 Å². The zero-order valence-electron chi connectivity index (χ0n) is 18.9. The standard InChI is InChI=1S/C26H30B2N2/c1-17-13-19(3)25(20(4)14-17)27-11-7-10-24(30-27)23-9-8-12-29-28(23)26-21(5)15-18(2)16-22(26)6/h7-16,29-30H,1-6H3. The fourth-order valence-corrected chi connectivity index (χ4v) is 5.18. The lowest BCUT2D eigenvalue weighted by Gasteiger charge is -2.29. The average Bonchev–Trinajstić information content (AvgIpc) is 2.67. The van der Waals surface area contributed by atoms with Gasteiger partial charge in [-0.15, -0.1) is 0 Å². The lowest BCUT2D eigenvalue weighted by atomic mass is 9.45. The van der Waals surface area contributed by atoms with E-state index in [1.807, 2.05) is 0 Å². The topological polar surface area (TPSA) is 24.1 Å². The van der Waals surface area contributed by atoms with Gasteiger partial charge >= 0.3 is 13.7 Å². The van der Waals surface area contributed by atoms with Gasteiger partial charge < -0.3 is 10.5 Å². The van der Waals surface area contributed by atoms with Gasteiger partial charge in [-0.1, -0.05) is 75.8 Å². The van der Waals surface area contributed by atoms with Crippen molar-refractivity contribution in [3.05, 3.63) is 105 Å². The molecular weight excluding hydrogens is 362 g/mol. The Morgan fingerprint density at radius 2 is 1.23 bits per heavy atom. The van der Waals surface area contributed by atoms with Crippen molar-refractivity contribution in [2.24, 2.45) is 0 Å². The average molecular weight is 392 g/mol. The van der Waals surface area contributed by atoms with Gasteiger partial charge in [0.25, 0.3) is 0 Å². The van der Waals surface area contributed by atoms with E-state index in [0.29, 0.717) is 0 Å². The van der Waals surface area contributed by atoms with Gasteiger partial charge in [0.15, 0.2) is 0 Å². The monoisotopic (exact) mass is 392 g/mol. The number of aryl methyl sites for hydroxylation is 6. The van der Waals surface area contributed by atoms with Crippen molar-refractivity contribution < 1.29 is 0 Å². The van der Waals surface area contributed by atoms with Crippen LogP contribution >= 0.6 is 0 Å². The van der Waals surface area contributed by atoms with Crippen molar-refractivity contribution in [3.8, 4) is 0 Å². The maximum atomic E-state index is 3.82. The van der Waals surface area contributed by atoms with E-state index in [4.69, 9.17) is 0 Å². The summed E-state index contributed by atoms with van der Waals surface area (Å²) in [4.78, 5) is 0. The third kappa shape index (κ3) is 3.79. The first kappa shape index (κ1) is 20.4. The first-order valence-corrected chi connectivity index (χ1v) is 10.8. The number of allylic oxidation sites excluding steroid dienone is 5. The van der Waals surface area contributed by atoms with Gasteiger partial charge in [-0.2, -0.15) is 0 Å². The first-order chi connectivity index (χ1) is 14.3. The van der Waals surface area contributed by atoms with Crippen LogP contribution in [-0.4, -0.2) is 13.7 Å². The van der Waals surface area contributed by atoms with Gasteiger partial charge in [0.1, 0.15) is 0 Å². The van der Waals surface area contributed by atoms with Crippen molar-refractivity contribution in [3.63, 3.8) is 0 Å². The van der Waals surface area contributed by atoms with E-state index >= 15 is 0 Å². The number of benzene rings is 2. The van der Waals surface area contributed by atoms with Crippen molar-refractivity contribution in [1.82, 2.24) is 10.5 Å². The summed E-state index contributed by atoms with van der Waals surface area (Å²) in [5.74, 6) is 2.26. The summed E-state index contributed by atoms with van der Waals surface area (Å²) in [6.07, 6.45) is 10.8. The molecule has 0 spiro atoms. The van der Waals surface area contributed by atoms with E-state index in [2.05, 4.69) is 113 Å². The highest BCUT2D eigenvalue weighted by atomic mass is 14.8. The van der Waals surface area contributed by atoms with E-state index in [9.17, 15) is 0 Å². The van der Waals surface area contributed by atoms with Crippen molar-refractivity contribution in [2.45, 2.75) is 41.5 Å². The molecule has 0 saturated heterocycles. The Bertz CT molecular complexity index is 1080. The third-order valence-corrected chi connectivity index (χ3v) is 6.21. The molecule has 2 N–H and O–H groups in total. The fourth-order valence-electron chi connectivity index (χ4n) is 5.18. The number of rotatable bonds is 3. The highest BCUT2D eigenvalue weighted by molar-refractivity contribution is 6.81. The molecule has 2 aliphatic rings. The number of nitrogens with one attached hydrogen (secondary N) is 2. The molecule has 0 bridgehead atoms. The molecule has 2 nitrogen and oxygen atoms in total. The summed E-state index contributed by atoms with van der Waals surface area (Å²) in [5.41, 5.74) is 13.2. The van der Waals surface area contributed by atoms with E-state index in [0.717, 1.165) is 0 Å². The van der Waals surface area contributed by atoms with Crippen LogP contribution in [0.3, 0.4) is 0 Å². The molecule has 0 atom stereocenters. The van der Waals surface area contributed by atoms with Crippen molar-refractivity contribution in [2.75, 3.05) is 0 Å². The minimum absolute atomic E-state index is 0.140. The van der Waals surface area contributed by atoms with Crippen LogP contribution < -0.4 is 21.4 Å². The molecule has 150 valence electrons. The second-order valence-electron chi connectivity index (χ2n) is 8.79. The Morgan fingerprint density at radius 1 is 0.667 bits per heavy atom. The SMILES string of the molecule is Cc1cc(C)c(B2C=CC=C(C3=CC=CNB3c3c(C)cc(C)cc3C)N2)c(C)c1. The Morgan fingerprint density at radius 3 is 1.83 bits per heavy atom. The largest absolute Gasteiger partial charge is 0.426 e. The summed E-state index contributed by atoms with van der Waals surface area (Å²) >= 11 is 0. The Labute approximate surface area is 182 Å². The predicted octanol–water partition coefficient (Wildman–Crippen LogP) is 3.80. The van der Waals surface area contributed by atoms with E-state index in [1.165, 1.54) is 55.5 Å². The molecule has 2 aromatic carbocycles. The van der Waals surface area contributed by atoms with E-state index in [1.54, 1.807) is 0 Å². The van der Waals surface area contributed by atoms with Crippen LogP contribution in [0.5, 0.6) is 0 Å². The summed E-state index contributed by atoms with van der Waals surface area (Å²) < 4.78 is 0. The molecule has 4 rings (SSSR count). The highest BCUT2D eigenvalue weighted by Crippen LogP contribution is 2.20. The second-order valence-corrected chi connectivity index (χ2v) is 8.79. The molecule has 2 aliphatic heterocycles. The summed E-state index contributed by atoms with van der Waals surface area (Å²) in [7, 11) is 0. The quantitative estimate of drug-likeness (QED) is 0.777. The van der Waals surface area contributed by atoms with Gasteiger partial charge in [0.2, 0.25) is 0 Å². The number of hydrogen-bond acceptors (Lipinski definition) is 2. The second kappa shape index (κ2) is 8.10. The third-order valence-electron chi connectivity index (χ3n) is 6.21. The highest BCUT2D eigenvalue weighted by Gasteiger charge is 2.31. The molecule has 2 aromatic rings. The number of hydrogen-bond donors (Lipinski definition) is 2. The Balaban J connectivity index is 1.70. The van der Waals surface area contributed by atoms with E-state index in [-0.39, 0.29) is 13.7 Å². The molecule has 0 amide bonds. The molecule has 0 unspecified atom stereocenters. The minimum Gasteiger partial charge on any atom is -0.426 e. The van der Waals surface area contributed by atoms with Crippen molar-refractivity contribution in [1.29, 1.82) is 0 Å². The predicted molar refractivity (Wildman–Crippen MR) is 133 cm³/mol. The summed E-state index contributed by atoms with van der Waals surface area (Å²) in [5, 5.41) is 7.44. The van der Waals surface area contributed by atoms with Crippen LogP contribution in [0, 0.1) is 41.5 Å². The molecule has 0 aromatic heterocycles. The lowest BCUT2D eigenvalue weighted by molar-refractivity contribution is 1.16. The maximum absolute atomic E-state index is 3.82. The molecule has 4 heteroatoms. The zero-order valence-corrected chi connectivity index (χ0v) is 18.9. The molecule has 0 saturated carbocycles. The van der Waals surface area contributed by atoms with Crippen LogP contribution in [0.1, 0.15) is 33.4 Å². The molecule has 2 heterocycles.